The van der Waals surface area contributed by atoms with Crippen LogP contribution in [0.25, 0.3) is 0 Å². The van der Waals surface area contributed by atoms with Gasteiger partial charge in [-0.15, -0.1) is 11.8 Å². The van der Waals surface area contributed by atoms with Crippen LogP contribution in [0.15, 0.2) is 16.0 Å². The molecular weight excluding hydrogens is 326 g/mol. The second-order valence-corrected chi connectivity index (χ2v) is 7.44. The van der Waals surface area contributed by atoms with Gasteiger partial charge in [0.25, 0.3) is 0 Å². The molecule has 2 aliphatic rings. The number of carboxylic acid groups (broad SMARTS) is 1. The van der Waals surface area contributed by atoms with E-state index in [0.717, 1.165) is 5.69 Å². The quantitative estimate of drug-likeness (QED) is 0.583. The van der Waals surface area contributed by atoms with Crippen LogP contribution >= 0.6 is 23.3 Å². The van der Waals surface area contributed by atoms with Gasteiger partial charge < -0.3 is 15.1 Å². The Labute approximate surface area is 135 Å². The van der Waals surface area contributed by atoms with Gasteiger partial charge in [-0.3, -0.25) is 4.79 Å². The molecular formula is C13H16N3O4S2+. The Morgan fingerprint density at radius 2 is 2.41 bits per heavy atom. The topological polar surface area (TPSA) is 94.6 Å². The first kappa shape index (κ1) is 15.4. The summed E-state index contributed by atoms with van der Waals surface area (Å²) in [5.41, 5.74) is 0.943. The summed E-state index contributed by atoms with van der Waals surface area (Å²) in [6.45, 7) is 1.57. The van der Waals surface area contributed by atoms with Crippen LogP contribution in [-0.2, 0) is 22.4 Å². The molecule has 3 atom stereocenters. The number of hydrogen-bond donors (Lipinski definition) is 2. The number of carbonyl (C=O) groups is 2. The van der Waals surface area contributed by atoms with Gasteiger partial charge in [-0.2, -0.15) is 0 Å². The third-order valence-electron chi connectivity index (χ3n) is 3.90. The maximum atomic E-state index is 12.1. The third-order valence-corrected chi connectivity index (χ3v) is 5.81. The number of aliphatic carboxylic acids is 1. The SMILES string of the molecule is C[C@@H](O)C1C(=O)N2C(C(=O)O)=C(SCc3cs[n+](C)n3)CC12. The highest BCUT2D eigenvalue weighted by Crippen LogP contribution is 2.47. The van der Waals surface area contributed by atoms with E-state index in [2.05, 4.69) is 5.10 Å². The highest BCUT2D eigenvalue weighted by molar-refractivity contribution is 8.02. The Bertz CT molecular complexity index is 670. The van der Waals surface area contributed by atoms with Crippen LogP contribution in [0.2, 0.25) is 0 Å². The van der Waals surface area contributed by atoms with E-state index in [4.69, 9.17) is 0 Å². The van der Waals surface area contributed by atoms with E-state index in [0.29, 0.717) is 17.1 Å². The van der Waals surface area contributed by atoms with E-state index in [9.17, 15) is 19.8 Å². The predicted molar refractivity (Wildman–Crippen MR) is 79.7 cm³/mol. The molecule has 2 N–H and O–H groups in total. The van der Waals surface area contributed by atoms with Crippen molar-refractivity contribution in [3.63, 3.8) is 0 Å². The monoisotopic (exact) mass is 342 g/mol. The molecule has 0 bridgehead atoms. The number of β-lactam (4-membered cyclic amide) rings is 1. The number of hydrogen-bond acceptors (Lipinski definition) is 6. The number of carbonyl (C=O) groups excluding carboxylic acids is 1. The zero-order chi connectivity index (χ0) is 16.0. The van der Waals surface area contributed by atoms with Gasteiger partial charge in [0, 0.05) is 22.2 Å². The van der Waals surface area contributed by atoms with E-state index < -0.39 is 18.0 Å². The number of aryl methyl sites for hydroxylation is 1. The number of aliphatic hydroxyl groups is 1. The van der Waals surface area contributed by atoms with Gasteiger partial charge in [0.15, 0.2) is 18.6 Å². The standard InChI is InChI=1S/C13H15N3O4S2/c1-6(17)10-8-3-9(11(13(19)20)16(8)12(10)18)21-4-7-5-22-15(2)14-7/h5-6,8,10,17H,3-4H2,1-2H3/p+1/t6-,8?,10?/m1/s1. The minimum absolute atomic E-state index is 0.0662. The molecule has 2 unspecified atom stereocenters. The second-order valence-electron chi connectivity index (χ2n) is 5.39. The molecule has 1 aromatic heterocycles. The minimum Gasteiger partial charge on any atom is -0.477 e. The fourth-order valence-electron chi connectivity index (χ4n) is 2.95. The first-order valence-electron chi connectivity index (χ1n) is 6.81. The van der Waals surface area contributed by atoms with Gasteiger partial charge >= 0.3 is 5.97 Å². The zero-order valence-corrected chi connectivity index (χ0v) is 13.7. The van der Waals surface area contributed by atoms with E-state index >= 15 is 0 Å². The minimum atomic E-state index is -1.09. The van der Waals surface area contributed by atoms with Crippen molar-refractivity contribution in [1.82, 2.24) is 10.00 Å². The Hall–Kier alpha value is -1.45. The maximum absolute atomic E-state index is 12.1. The molecule has 2 aliphatic heterocycles. The summed E-state index contributed by atoms with van der Waals surface area (Å²) >= 11 is 2.88. The lowest BCUT2D eigenvalue weighted by Crippen LogP contribution is -2.61. The molecule has 0 spiro atoms. The molecule has 22 heavy (non-hydrogen) atoms. The average molecular weight is 342 g/mol. The summed E-state index contributed by atoms with van der Waals surface area (Å²) < 4.78 is 1.73. The summed E-state index contributed by atoms with van der Waals surface area (Å²) in [5, 5.41) is 25.3. The average Bonchev–Trinajstić information content (AvgIpc) is 2.97. The molecule has 0 radical (unpaired) electrons. The summed E-state index contributed by atoms with van der Waals surface area (Å²) in [6.07, 6.45) is -0.269. The Balaban J connectivity index is 1.78. The zero-order valence-electron chi connectivity index (χ0n) is 12.1. The lowest BCUT2D eigenvalue weighted by Gasteiger charge is -2.44. The summed E-state index contributed by atoms with van der Waals surface area (Å²) in [7, 11) is 1.84. The molecule has 1 aromatic rings. The molecule has 1 saturated heterocycles. The molecule has 3 heterocycles. The van der Waals surface area contributed by atoms with Crippen molar-refractivity contribution in [2.75, 3.05) is 0 Å². The number of carboxylic acids is 1. The van der Waals surface area contributed by atoms with E-state index in [1.54, 1.807) is 11.0 Å². The normalized spacial score (nSPS) is 25.2. The van der Waals surface area contributed by atoms with Crippen LogP contribution in [-0.4, -0.2) is 44.2 Å². The molecule has 9 heteroatoms. The first-order chi connectivity index (χ1) is 10.4. The molecule has 7 nitrogen and oxygen atoms in total. The molecule has 1 amide bonds. The molecule has 0 saturated carbocycles. The van der Waals surface area contributed by atoms with Crippen molar-refractivity contribution in [3.05, 3.63) is 21.7 Å². The van der Waals surface area contributed by atoms with Crippen molar-refractivity contribution in [3.8, 4) is 0 Å². The lowest BCUT2D eigenvalue weighted by molar-refractivity contribution is -0.663. The fraction of sp³-hybridized carbons (Fsp3) is 0.538. The summed E-state index contributed by atoms with van der Waals surface area (Å²) in [5.74, 6) is -1.32. The van der Waals surface area contributed by atoms with Crippen LogP contribution < -0.4 is 4.07 Å². The Kier molecular flexibility index (Phi) is 3.96. The second kappa shape index (κ2) is 5.64. The van der Waals surface area contributed by atoms with Crippen molar-refractivity contribution in [1.29, 1.82) is 0 Å². The first-order valence-corrected chi connectivity index (χ1v) is 8.64. The Morgan fingerprint density at radius 3 is 2.95 bits per heavy atom. The number of rotatable bonds is 5. The number of amides is 1. The van der Waals surface area contributed by atoms with Crippen molar-refractivity contribution in [2.24, 2.45) is 13.0 Å². The Morgan fingerprint density at radius 1 is 1.68 bits per heavy atom. The third kappa shape index (κ3) is 2.42. The van der Waals surface area contributed by atoms with Crippen molar-refractivity contribution >= 4 is 35.2 Å². The van der Waals surface area contributed by atoms with Crippen LogP contribution in [0.3, 0.4) is 0 Å². The van der Waals surface area contributed by atoms with Gasteiger partial charge in [-0.1, -0.05) is 0 Å². The van der Waals surface area contributed by atoms with Gasteiger partial charge in [0.2, 0.25) is 5.91 Å². The number of thioether (sulfide) groups is 1. The van der Waals surface area contributed by atoms with Crippen molar-refractivity contribution < 1.29 is 23.9 Å². The van der Waals surface area contributed by atoms with E-state index in [1.165, 1.54) is 28.2 Å². The molecule has 3 rings (SSSR count). The highest BCUT2D eigenvalue weighted by atomic mass is 32.2. The lowest BCUT2D eigenvalue weighted by atomic mass is 9.83. The molecule has 0 aliphatic carbocycles. The maximum Gasteiger partial charge on any atom is 0.353 e. The summed E-state index contributed by atoms with van der Waals surface area (Å²) in [6, 6.07) is -0.229. The van der Waals surface area contributed by atoms with Crippen LogP contribution in [0.4, 0.5) is 0 Å². The molecule has 0 aromatic carbocycles. The van der Waals surface area contributed by atoms with E-state index in [-0.39, 0.29) is 17.6 Å². The smallest absolute Gasteiger partial charge is 0.353 e. The van der Waals surface area contributed by atoms with Crippen LogP contribution in [0.5, 0.6) is 0 Å². The predicted octanol–water partition coefficient (Wildman–Crippen LogP) is 0.108. The fourth-order valence-corrected chi connectivity index (χ4v) is 4.69. The summed E-state index contributed by atoms with van der Waals surface area (Å²) in [4.78, 5) is 25.6. The van der Waals surface area contributed by atoms with Crippen LogP contribution in [0, 0.1) is 5.92 Å². The molecule has 118 valence electrons. The van der Waals surface area contributed by atoms with Crippen LogP contribution in [0.1, 0.15) is 19.0 Å². The molecule has 1 fully saturated rings. The van der Waals surface area contributed by atoms with Gasteiger partial charge in [-0.05, 0) is 11.0 Å². The number of fused-ring (bicyclic) bond motifs is 1. The highest BCUT2D eigenvalue weighted by Gasteiger charge is 2.56. The number of aliphatic hydroxyl groups excluding tert-OH is 1. The number of nitrogens with zero attached hydrogens (tertiary/aromatic N) is 3. The number of aromatic nitrogens is 2. The van der Waals surface area contributed by atoms with Gasteiger partial charge in [-0.25, -0.2) is 4.79 Å². The van der Waals surface area contributed by atoms with E-state index in [1.807, 2.05) is 12.4 Å². The van der Waals surface area contributed by atoms with Crippen molar-refractivity contribution in [2.45, 2.75) is 31.2 Å². The van der Waals surface area contributed by atoms with Gasteiger partial charge in [0.1, 0.15) is 11.4 Å². The largest absolute Gasteiger partial charge is 0.477 e. The van der Waals surface area contributed by atoms with Gasteiger partial charge in [0.05, 0.1) is 23.4 Å².